The monoisotopic (exact) mass is 153 g/mol. The Bertz CT molecular complexity index is 267. The van der Waals surface area contributed by atoms with Gasteiger partial charge in [0.05, 0.1) is 18.9 Å². The summed E-state index contributed by atoms with van der Waals surface area (Å²) in [6.07, 6.45) is 2.43. The summed E-state index contributed by atoms with van der Waals surface area (Å²) < 4.78 is 7.12. The first-order valence-electron chi connectivity index (χ1n) is 3.74. The molecule has 2 heterocycles. The molecule has 0 bridgehead atoms. The largest absolute Gasteiger partial charge is 0.495 e. The van der Waals surface area contributed by atoms with E-state index in [1.807, 2.05) is 16.8 Å². The van der Waals surface area contributed by atoms with Gasteiger partial charge in [-0.2, -0.15) is 0 Å². The van der Waals surface area contributed by atoms with Crippen LogP contribution in [0.3, 0.4) is 0 Å². The minimum absolute atomic E-state index is 0.333. The van der Waals surface area contributed by atoms with Crippen molar-refractivity contribution in [3.8, 4) is 5.75 Å². The second-order valence-electron chi connectivity index (χ2n) is 2.77. The molecule has 60 valence electrons. The number of aromatic nitrogens is 1. The third-order valence-corrected chi connectivity index (χ3v) is 2.15. The first kappa shape index (κ1) is 6.73. The predicted molar refractivity (Wildman–Crippen MR) is 40.6 cm³/mol. The normalized spacial score (nSPS) is 21.8. The average molecular weight is 153 g/mol. The van der Waals surface area contributed by atoms with Gasteiger partial charge in [-0.1, -0.05) is 0 Å². The fourth-order valence-corrected chi connectivity index (χ4v) is 1.59. The van der Waals surface area contributed by atoms with Gasteiger partial charge in [0.1, 0.15) is 5.75 Å². The van der Waals surface area contributed by atoms with Gasteiger partial charge in [-0.15, -0.1) is 0 Å². The Hall–Kier alpha value is -0.960. The lowest BCUT2D eigenvalue weighted by molar-refractivity contribution is 0.176. The van der Waals surface area contributed by atoms with E-state index in [0.29, 0.717) is 0 Å². The van der Waals surface area contributed by atoms with Gasteiger partial charge >= 0.3 is 0 Å². The molecule has 0 saturated carbocycles. The average Bonchev–Trinajstić information content (AvgIpc) is 2.54. The second kappa shape index (κ2) is 2.27. The van der Waals surface area contributed by atoms with Crippen LogP contribution >= 0.6 is 0 Å². The maximum atomic E-state index is 9.48. The molecule has 0 saturated heterocycles. The summed E-state index contributed by atoms with van der Waals surface area (Å²) in [6.45, 7) is 0.903. The van der Waals surface area contributed by atoms with E-state index in [1.165, 1.54) is 0 Å². The molecule has 0 amide bonds. The number of ether oxygens (including phenoxy) is 1. The number of rotatable bonds is 1. The first-order valence-corrected chi connectivity index (χ1v) is 3.74. The van der Waals surface area contributed by atoms with Gasteiger partial charge in [-0.3, -0.25) is 0 Å². The van der Waals surface area contributed by atoms with Crippen molar-refractivity contribution in [2.75, 3.05) is 7.11 Å². The van der Waals surface area contributed by atoms with Crippen LogP contribution in [0.2, 0.25) is 0 Å². The SMILES string of the molecule is COc1ccn2c1C(O)CC2. The van der Waals surface area contributed by atoms with Crippen molar-refractivity contribution in [3.05, 3.63) is 18.0 Å². The molecule has 2 rings (SSSR count). The van der Waals surface area contributed by atoms with E-state index >= 15 is 0 Å². The van der Waals surface area contributed by atoms with Crippen LogP contribution in [0.25, 0.3) is 0 Å². The lowest BCUT2D eigenvalue weighted by Gasteiger charge is -2.03. The number of aryl methyl sites for hydroxylation is 1. The van der Waals surface area contributed by atoms with Crippen molar-refractivity contribution in [1.29, 1.82) is 0 Å². The van der Waals surface area contributed by atoms with Crippen molar-refractivity contribution in [2.45, 2.75) is 19.1 Å². The highest BCUT2D eigenvalue weighted by atomic mass is 16.5. The fourth-order valence-electron chi connectivity index (χ4n) is 1.59. The van der Waals surface area contributed by atoms with E-state index in [9.17, 15) is 5.11 Å². The van der Waals surface area contributed by atoms with E-state index in [1.54, 1.807) is 7.11 Å². The standard InChI is InChI=1S/C8H11NO2/c1-11-7-3-5-9-4-2-6(10)8(7)9/h3,5-6,10H,2,4H2,1H3. The second-order valence-corrected chi connectivity index (χ2v) is 2.77. The Morgan fingerprint density at radius 3 is 3.27 bits per heavy atom. The summed E-state index contributed by atoms with van der Waals surface area (Å²) in [5, 5.41) is 9.48. The van der Waals surface area contributed by atoms with Crippen LogP contribution < -0.4 is 4.74 Å². The Balaban J connectivity index is 2.46. The molecule has 11 heavy (non-hydrogen) atoms. The highest BCUT2D eigenvalue weighted by Crippen LogP contribution is 2.33. The predicted octanol–water partition coefficient (Wildman–Crippen LogP) is 0.934. The number of aliphatic hydroxyl groups excluding tert-OH is 1. The molecule has 1 unspecified atom stereocenters. The molecule has 3 nitrogen and oxygen atoms in total. The minimum Gasteiger partial charge on any atom is -0.495 e. The highest BCUT2D eigenvalue weighted by Gasteiger charge is 2.23. The zero-order valence-corrected chi connectivity index (χ0v) is 6.45. The van der Waals surface area contributed by atoms with Gasteiger partial charge in [0, 0.05) is 12.7 Å². The molecular weight excluding hydrogens is 142 g/mol. The summed E-state index contributed by atoms with van der Waals surface area (Å²) in [4.78, 5) is 0. The summed E-state index contributed by atoms with van der Waals surface area (Å²) >= 11 is 0. The van der Waals surface area contributed by atoms with Crippen LogP contribution in [0.5, 0.6) is 5.75 Å². The Labute approximate surface area is 65.2 Å². The van der Waals surface area contributed by atoms with E-state index in [-0.39, 0.29) is 6.10 Å². The van der Waals surface area contributed by atoms with Crippen molar-refractivity contribution >= 4 is 0 Å². The molecule has 1 aliphatic heterocycles. The number of fused-ring (bicyclic) bond motifs is 1. The smallest absolute Gasteiger partial charge is 0.142 e. The molecule has 1 aromatic heterocycles. The number of methoxy groups -OCH3 is 1. The summed E-state index contributed by atoms with van der Waals surface area (Å²) in [5.74, 6) is 0.801. The lowest BCUT2D eigenvalue weighted by Crippen LogP contribution is -1.94. The van der Waals surface area contributed by atoms with Crippen LogP contribution in [-0.2, 0) is 6.54 Å². The highest BCUT2D eigenvalue weighted by molar-refractivity contribution is 5.32. The number of hydrogen-bond donors (Lipinski definition) is 1. The molecule has 0 spiro atoms. The van der Waals surface area contributed by atoms with Crippen LogP contribution in [-0.4, -0.2) is 16.8 Å². The maximum absolute atomic E-state index is 9.48. The van der Waals surface area contributed by atoms with Crippen LogP contribution in [0, 0.1) is 0 Å². The molecule has 1 atom stereocenters. The number of aliphatic hydroxyl groups is 1. The zero-order chi connectivity index (χ0) is 7.84. The molecule has 0 aliphatic carbocycles. The van der Waals surface area contributed by atoms with Gasteiger partial charge in [0.15, 0.2) is 0 Å². The molecule has 1 aliphatic rings. The van der Waals surface area contributed by atoms with Crippen molar-refractivity contribution in [3.63, 3.8) is 0 Å². The zero-order valence-electron chi connectivity index (χ0n) is 6.45. The summed E-state index contributed by atoms with van der Waals surface area (Å²) in [6, 6.07) is 1.89. The van der Waals surface area contributed by atoms with Gasteiger partial charge < -0.3 is 14.4 Å². The topological polar surface area (TPSA) is 34.4 Å². The molecule has 1 aromatic rings. The molecule has 0 aromatic carbocycles. The van der Waals surface area contributed by atoms with E-state index < -0.39 is 0 Å². The van der Waals surface area contributed by atoms with E-state index in [4.69, 9.17) is 4.74 Å². The van der Waals surface area contributed by atoms with Crippen LogP contribution in [0.4, 0.5) is 0 Å². The fraction of sp³-hybridized carbons (Fsp3) is 0.500. The third-order valence-electron chi connectivity index (χ3n) is 2.15. The molecule has 1 N–H and O–H groups in total. The quantitative estimate of drug-likeness (QED) is 0.651. The third kappa shape index (κ3) is 0.844. The van der Waals surface area contributed by atoms with Crippen LogP contribution in [0.15, 0.2) is 12.3 Å². The maximum Gasteiger partial charge on any atom is 0.142 e. The van der Waals surface area contributed by atoms with Crippen molar-refractivity contribution in [1.82, 2.24) is 4.57 Å². The van der Waals surface area contributed by atoms with Gasteiger partial charge in [-0.05, 0) is 12.5 Å². The minimum atomic E-state index is -0.333. The molecule has 3 heteroatoms. The van der Waals surface area contributed by atoms with Crippen molar-refractivity contribution < 1.29 is 9.84 Å². The molecule has 0 radical (unpaired) electrons. The molecular formula is C8H11NO2. The van der Waals surface area contributed by atoms with Crippen molar-refractivity contribution in [2.24, 2.45) is 0 Å². The Morgan fingerprint density at radius 2 is 2.55 bits per heavy atom. The first-order chi connectivity index (χ1) is 5.33. The Morgan fingerprint density at radius 1 is 1.73 bits per heavy atom. The van der Waals surface area contributed by atoms with E-state index in [2.05, 4.69) is 0 Å². The molecule has 0 fully saturated rings. The van der Waals surface area contributed by atoms with Gasteiger partial charge in [0.2, 0.25) is 0 Å². The lowest BCUT2D eigenvalue weighted by atomic mass is 10.2. The number of hydrogen-bond acceptors (Lipinski definition) is 2. The van der Waals surface area contributed by atoms with E-state index in [0.717, 1.165) is 24.4 Å². The summed E-state index contributed by atoms with van der Waals surface area (Å²) in [7, 11) is 1.63. The van der Waals surface area contributed by atoms with Gasteiger partial charge in [-0.25, -0.2) is 0 Å². The summed E-state index contributed by atoms with van der Waals surface area (Å²) in [5.41, 5.74) is 0.924. The van der Waals surface area contributed by atoms with Crippen LogP contribution in [0.1, 0.15) is 18.2 Å². The Kier molecular flexibility index (Phi) is 1.39. The number of nitrogens with zero attached hydrogens (tertiary/aromatic N) is 1. The van der Waals surface area contributed by atoms with Gasteiger partial charge in [0.25, 0.3) is 0 Å².